The molecule has 0 aliphatic carbocycles. The third-order valence-electron chi connectivity index (χ3n) is 4.47. The number of hydrogen-bond donors (Lipinski definition) is 0. The van der Waals surface area contributed by atoms with Gasteiger partial charge in [0.05, 0.1) is 0 Å². The number of hydrogen-bond acceptors (Lipinski definition) is 2. The maximum Gasteiger partial charge on any atom is 0.319 e. The highest BCUT2D eigenvalue weighted by molar-refractivity contribution is 5.73. The first-order valence-electron chi connectivity index (χ1n) is 8.33. The SMILES string of the molecule is CC(C)C1CN(C(=O)N(C)C)CCCN1Cc1ccc(F)cc1. The summed E-state index contributed by atoms with van der Waals surface area (Å²) in [6, 6.07) is 7.12. The largest absolute Gasteiger partial charge is 0.331 e. The summed E-state index contributed by atoms with van der Waals surface area (Å²) < 4.78 is 13.1. The summed E-state index contributed by atoms with van der Waals surface area (Å²) in [5, 5.41) is 0. The second kappa shape index (κ2) is 7.77. The third kappa shape index (κ3) is 4.67. The van der Waals surface area contributed by atoms with Gasteiger partial charge in [-0.05, 0) is 30.0 Å². The summed E-state index contributed by atoms with van der Waals surface area (Å²) in [6.07, 6.45) is 0.962. The lowest BCUT2D eigenvalue weighted by Crippen LogP contribution is -2.47. The van der Waals surface area contributed by atoms with Crippen LogP contribution in [0.5, 0.6) is 0 Å². The van der Waals surface area contributed by atoms with Crippen molar-refractivity contribution < 1.29 is 9.18 Å². The molecule has 1 aliphatic rings. The van der Waals surface area contributed by atoms with Crippen LogP contribution in [0.1, 0.15) is 25.8 Å². The van der Waals surface area contributed by atoms with Crippen LogP contribution in [0, 0.1) is 11.7 Å². The van der Waals surface area contributed by atoms with Gasteiger partial charge in [-0.15, -0.1) is 0 Å². The smallest absolute Gasteiger partial charge is 0.319 e. The molecule has 0 aromatic heterocycles. The number of amides is 2. The van der Waals surface area contributed by atoms with E-state index in [1.54, 1.807) is 19.0 Å². The third-order valence-corrected chi connectivity index (χ3v) is 4.47. The Balaban J connectivity index is 2.12. The van der Waals surface area contributed by atoms with Crippen LogP contribution in [-0.2, 0) is 6.54 Å². The molecule has 1 atom stereocenters. The average molecular weight is 321 g/mol. The van der Waals surface area contributed by atoms with Crippen LogP contribution in [0.15, 0.2) is 24.3 Å². The molecule has 128 valence electrons. The first-order valence-corrected chi connectivity index (χ1v) is 8.33. The fourth-order valence-electron chi connectivity index (χ4n) is 3.17. The van der Waals surface area contributed by atoms with Gasteiger partial charge >= 0.3 is 6.03 Å². The van der Waals surface area contributed by atoms with Gasteiger partial charge in [0.2, 0.25) is 0 Å². The van der Waals surface area contributed by atoms with Gasteiger partial charge in [0.1, 0.15) is 5.82 Å². The minimum atomic E-state index is -0.201. The molecule has 5 heteroatoms. The molecule has 0 radical (unpaired) electrons. The van der Waals surface area contributed by atoms with Crippen LogP contribution in [0.3, 0.4) is 0 Å². The Morgan fingerprint density at radius 3 is 2.48 bits per heavy atom. The number of urea groups is 1. The van der Waals surface area contributed by atoms with E-state index in [2.05, 4.69) is 18.7 Å². The van der Waals surface area contributed by atoms with E-state index in [9.17, 15) is 9.18 Å². The molecule has 2 rings (SSSR count). The second-order valence-electron chi connectivity index (χ2n) is 6.88. The Labute approximate surface area is 138 Å². The van der Waals surface area contributed by atoms with Crippen LogP contribution in [-0.4, -0.2) is 60.5 Å². The maximum absolute atomic E-state index is 13.1. The molecule has 4 nitrogen and oxygen atoms in total. The molecule has 1 aromatic rings. The molecular weight excluding hydrogens is 293 g/mol. The van der Waals surface area contributed by atoms with Gasteiger partial charge < -0.3 is 9.80 Å². The van der Waals surface area contributed by atoms with E-state index in [0.717, 1.165) is 38.2 Å². The summed E-state index contributed by atoms with van der Waals surface area (Å²) in [6.45, 7) is 7.69. The summed E-state index contributed by atoms with van der Waals surface area (Å²) >= 11 is 0. The molecule has 0 N–H and O–H groups in total. The lowest BCUT2D eigenvalue weighted by molar-refractivity contribution is 0.127. The number of carbonyl (C=O) groups is 1. The lowest BCUT2D eigenvalue weighted by Gasteiger charge is -2.35. The van der Waals surface area contributed by atoms with Crippen molar-refractivity contribution in [1.29, 1.82) is 0 Å². The van der Waals surface area contributed by atoms with Crippen molar-refractivity contribution in [2.24, 2.45) is 5.92 Å². The van der Waals surface area contributed by atoms with Gasteiger partial charge in [-0.2, -0.15) is 0 Å². The zero-order chi connectivity index (χ0) is 17.0. The fourth-order valence-corrected chi connectivity index (χ4v) is 3.17. The van der Waals surface area contributed by atoms with Gasteiger partial charge in [-0.3, -0.25) is 4.90 Å². The highest BCUT2D eigenvalue weighted by Crippen LogP contribution is 2.20. The van der Waals surface area contributed by atoms with Crippen molar-refractivity contribution in [2.45, 2.75) is 32.9 Å². The van der Waals surface area contributed by atoms with E-state index in [-0.39, 0.29) is 11.8 Å². The zero-order valence-corrected chi connectivity index (χ0v) is 14.6. The molecule has 1 heterocycles. The Bertz CT molecular complexity index is 516. The number of carbonyl (C=O) groups excluding carboxylic acids is 1. The second-order valence-corrected chi connectivity index (χ2v) is 6.88. The molecule has 0 bridgehead atoms. The van der Waals surface area contributed by atoms with Gasteiger partial charge in [-0.1, -0.05) is 26.0 Å². The molecule has 0 saturated carbocycles. The van der Waals surface area contributed by atoms with Crippen molar-refractivity contribution >= 4 is 6.03 Å². The summed E-state index contributed by atoms with van der Waals surface area (Å²) in [4.78, 5) is 18.3. The fraction of sp³-hybridized carbons (Fsp3) is 0.611. The predicted octanol–water partition coefficient (Wildman–Crippen LogP) is 3.04. The molecule has 1 aromatic carbocycles. The van der Waals surface area contributed by atoms with E-state index in [4.69, 9.17) is 0 Å². The summed E-state index contributed by atoms with van der Waals surface area (Å²) in [5.41, 5.74) is 1.12. The van der Waals surface area contributed by atoms with Crippen LogP contribution in [0.2, 0.25) is 0 Å². The van der Waals surface area contributed by atoms with Gasteiger partial charge in [-0.25, -0.2) is 9.18 Å². The highest BCUT2D eigenvalue weighted by Gasteiger charge is 2.30. The zero-order valence-electron chi connectivity index (χ0n) is 14.6. The molecule has 23 heavy (non-hydrogen) atoms. The van der Waals surface area contributed by atoms with E-state index in [1.807, 2.05) is 17.0 Å². The monoisotopic (exact) mass is 321 g/mol. The van der Waals surface area contributed by atoms with E-state index >= 15 is 0 Å². The number of benzene rings is 1. The first kappa shape index (κ1) is 17.7. The van der Waals surface area contributed by atoms with Gasteiger partial charge in [0.25, 0.3) is 0 Å². The van der Waals surface area contributed by atoms with Crippen LogP contribution in [0.4, 0.5) is 9.18 Å². The van der Waals surface area contributed by atoms with Crippen molar-refractivity contribution in [3.05, 3.63) is 35.6 Å². The average Bonchev–Trinajstić information content (AvgIpc) is 2.71. The number of rotatable bonds is 3. The van der Waals surface area contributed by atoms with Crippen molar-refractivity contribution in [2.75, 3.05) is 33.7 Å². The molecule has 2 amide bonds. The minimum absolute atomic E-state index is 0.0827. The standard InChI is InChI=1S/C18H28FN3O/c1-14(2)17-13-22(18(23)20(3)4)11-5-10-21(17)12-15-6-8-16(19)9-7-15/h6-9,14,17H,5,10-13H2,1-4H3. The molecule has 1 unspecified atom stereocenters. The number of nitrogens with zero attached hydrogens (tertiary/aromatic N) is 3. The van der Waals surface area contributed by atoms with Crippen molar-refractivity contribution in [3.63, 3.8) is 0 Å². The number of halogens is 1. The van der Waals surface area contributed by atoms with E-state index in [1.165, 1.54) is 12.1 Å². The molecule has 0 spiro atoms. The van der Waals surface area contributed by atoms with Crippen molar-refractivity contribution in [3.8, 4) is 0 Å². The highest BCUT2D eigenvalue weighted by atomic mass is 19.1. The quantitative estimate of drug-likeness (QED) is 0.855. The Morgan fingerprint density at radius 1 is 1.26 bits per heavy atom. The molecule has 1 fully saturated rings. The molecular formula is C18H28FN3O. The topological polar surface area (TPSA) is 26.8 Å². The predicted molar refractivity (Wildman–Crippen MR) is 90.7 cm³/mol. The molecule has 1 saturated heterocycles. The summed E-state index contributed by atoms with van der Waals surface area (Å²) in [5.74, 6) is 0.249. The maximum atomic E-state index is 13.1. The van der Waals surface area contributed by atoms with Crippen LogP contribution in [0.25, 0.3) is 0 Å². The Morgan fingerprint density at radius 2 is 1.91 bits per heavy atom. The van der Waals surface area contributed by atoms with E-state index < -0.39 is 0 Å². The Kier molecular flexibility index (Phi) is 5.99. The first-order chi connectivity index (χ1) is 10.9. The lowest BCUT2D eigenvalue weighted by atomic mass is 10.0. The van der Waals surface area contributed by atoms with E-state index in [0.29, 0.717) is 12.0 Å². The van der Waals surface area contributed by atoms with Crippen LogP contribution >= 0.6 is 0 Å². The minimum Gasteiger partial charge on any atom is -0.331 e. The van der Waals surface area contributed by atoms with Crippen LogP contribution < -0.4 is 0 Å². The van der Waals surface area contributed by atoms with Gasteiger partial charge in [0.15, 0.2) is 0 Å². The summed E-state index contributed by atoms with van der Waals surface area (Å²) in [7, 11) is 3.60. The van der Waals surface area contributed by atoms with Gasteiger partial charge in [0, 0.05) is 46.3 Å². The normalized spacial score (nSPS) is 19.7. The van der Waals surface area contributed by atoms with Crippen molar-refractivity contribution in [1.82, 2.24) is 14.7 Å². The Hall–Kier alpha value is -1.62. The molecule has 1 aliphatic heterocycles.